The van der Waals surface area contributed by atoms with Gasteiger partial charge >= 0.3 is 0 Å². The summed E-state index contributed by atoms with van der Waals surface area (Å²) >= 11 is 5.27. The van der Waals surface area contributed by atoms with E-state index in [1.807, 2.05) is 0 Å². The molecule has 0 aromatic carbocycles. The van der Waals surface area contributed by atoms with E-state index in [4.69, 9.17) is 11.6 Å². The van der Waals surface area contributed by atoms with Crippen molar-refractivity contribution in [2.24, 2.45) is 0 Å². The van der Waals surface area contributed by atoms with Gasteiger partial charge in [0.05, 0.1) is 5.54 Å². The molecule has 0 saturated heterocycles. The van der Waals surface area contributed by atoms with E-state index in [1.165, 1.54) is 0 Å². The Hall–Kier alpha value is -0.640. The molecule has 0 radical (unpaired) electrons. The van der Waals surface area contributed by atoms with Crippen LogP contribution in [0.1, 0.15) is 20.8 Å². The van der Waals surface area contributed by atoms with E-state index in [1.54, 1.807) is 20.8 Å². The van der Waals surface area contributed by atoms with E-state index >= 15 is 0 Å². The first-order chi connectivity index (χ1) is 5.34. The molecule has 0 aliphatic rings. The van der Waals surface area contributed by atoms with Gasteiger partial charge < -0.3 is 0 Å². The molecule has 0 spiro atoms. The molecule has 0 fully saturated rings. The highest BCUT2D eigenvalue weighted by atomic mass is 35.5. The monoisotopic (exact) mass is 194 g/mol. The fraction of sp³-hybridized carbons (Fsp3) is 0.571. The summed E-state index contributed by atoms with van der Waals surface area (Å²) in [6.07, 6.45) is 0. The van der Waals surface area contributed by atoms with Crippen LogP contribution in [-0.2, 0) is 5.54 Å². The molecule has 0 amide bonds. The van der Waals surface area contributed by atoms with Crippen molar-refractivity contribution in [3.8, 4) is 0 Å². The van der Waals surface area contributed by atoms with E-state index < -0.39 is 22.5 Å². The van der Waals surface area contributed by atoms with Crippen LogP contribution < -0.4 is 0 Å². The zero-order valence-electron chi connectivity index (χ0n) is 7.03. The molecule has 0 unspecified atom stereocenters. The Kier molecular flexibility index (Phi) is 2.12. The number of aromatic nitrogens is 2. The van der Waals surface area contributed by atoms with Gasteiger partial charge in [-0.05, 0) is 20.8 Å². The quantitative estimate of drug-likeness (QED) is 0.621. The van der Waals surface area contributed by atoms with Gasteiger partial charge in [0.15, 0.2) is 5.02 Å². The maximum absolute atomic E-state index is 13.0. The molecular formula is C7H9ClF2N2. The maximum atomic E-state index is 13.0. The van der Waals surface area contributed by atoms with Gasteiger partial charge in [0.1, 0.15) is 0 Å². The van der Waals surface area contributed by atoms with Crippen molar-refractivity contribution in [1.82, 2.24) is 9.78 Å². The summed E-state index contributed by atoms with van der Waals surface area (Å²) in [7, 11) is 0. The number of hydrogen-bond acceptors (Lipinski definition) is 1. The Balaban J connectivity index is 3.28. The first-order valence-electron chi connectivity index (χ1n) is 3.44. The predicted octanol–water partition coefficient (Wildman–Crippen LogP) is 2.57. The smallest absolute Gasteiger partial charge is 0.230 e. The van der Waals surface area contributed by atoms with Crippen LogP contribution in [0.15, 0.2) is 0 Å². The van der Waals surface area contributed by atoms with Crippen LogP contribution in [0.3, 0.4) is 0 Å². The Morgan fingerprint density at radius 2 is 1.83 bits per heavy atom. The number of hydrogen-bond donors (Lipinski definition) is 0. The minimum Gasteiger partial charge on any atom is -0.230 e. The van der Waals surface area contributed by atoms with Crippen molar-refractivity contribution < 1.29 is 8.78 Å². The number of rotatable bonds is 0. The van der Waals surface area contributed by atoms with Crippen LogP contribution in [0.25, 0.3) is 0 Å². The highest BCUT2D eigenvalue weighted by Crippen LogP contribution is 2.23. The highest BCUT2D eigenvalue weighted by molar-refractivity contribution is 6.30. The molecule has 1 aromatic rings. The molecule has 0 aliphatic carbocycles. The molecule has 5 heteroatoms. The molecule has 12 heavy (non-hydrogen) atoms. The topological polar surface area (TPSA) is 17.8 Å². The van der Waals surface area contributed by atoms with Crippen LogP contribution in [0.2, 0.25) is 5.02 Å². The Morgan fingerprint density at radius 3 is 2.00 bits per heavy atom. The summed E-state index contributed by atoms with van der Waals surface area (Å²) in [6.45, 7) is 5.12. The second-order valence-corrected chi connectivity index (χ2v) is 3.86. The van der Waals surface area contributed by atoms with Gasteiger partial charge in [-0.25, -0.2) is 4.68 Å². The molecule has 68 valence electrons. The number of nitrogens with zero attached hydrogens (tertiary/aromatic N) is 2. The summed E-state index contributed by atoms with van der Waals surface area (Å²) < 4.78 is 26.6. The summed E-state index contributed by atoms with van der Waals surface area (Å²) in [4.78, 5) is 0. The fourth-order valence-corrected chi connectivity index (χ4v) is 0.916. The predicted molar refractivity (Wildman–Crippen MR) is 42.1 cm³/mol. The van der Waals surface area contributed by atoms with Gasteiger partial charge in [-0.15, -0.1) is 5.10 Å². The SMILES string of the molecule is CC(C)(C)n1nc(F)c(Cl)c1F. The van der Waals surface area contributed by atoms with Crippen LogP contribution in [0.4, 0.5) is 8.78 Å². The molecule has 0 saturated carbocycles. The third kappa shape index (κ3) is 1.43. The molecule has 2 nitrogen and oxygen atoms in total. The first kappa shape index (κ1) is 9.45. The number of halogens is 3. The summed E-state index contributed by atoms with van der Waals surface area (Å²) in [5, 5.41) is 2.77. The molecular weight excluding hydrogens is 186 g/mol. The fourth-order valence-electron chi connectivity index (χ4n) is 0.798. The van der Waals surface area contributed by atoms with E-state index in [0.29, 0.717) is 0 Å². The Bertz CT molecular complexity index is 301. The van der Waals surface area contributed by atoms with Crippen LogP contribution in [-0.4, -0.2) is 9.78 Å². The average molecular weight is 195 g/mol. The van der Waals surface area contributed by atoms with E-state index in [9.17, 15) is 8.78 Å². The van der Waals surface area contributed by atoms with Crippen molar-refractivity contribution in [3.05, 3.63) is 16.9 Å². The van der Waals surface area contributed by atoms with Crippen molar-refractivity contribution in [3.63, 3.8) is 0 Å². The van der Waals surface area contributed by atoms with Crippen LogP contribution >= 0.6 is 11.6 Å². The molecule has 0 N–H and O–H groups in total. The Morgan fingerprint density at radius 1 is 1.33 bits per heavy atom. The normalized spacial score (nSPS) is 12.2. The molecule has 1 rings (SSSR count). The van der Waals surface area contributed by atoms with Crippen LogP contribution in [0, 0.1) is 11.9 Å². The van der Waals surface area contributed by atoms with Gasteiger partial charge in [-0.3, -0.25) is 0 Å². The van der Waals surface area contributed by atoms with Gasteiger partial charge in [0.25, 0.3) is 5.95 Å². The minimum absolute atomic E-state index is 0.551. The molecule has 1 aromatic heterocycles. The van der Waals surface area contributed by atoms with E-state index in [0.717, 1.165) is 4.68 Å². The molecule has 0 atom stereocenters. The second-order valence-electron chi connectivity index (χ2n) is 3.48. The zero-order valence-corrected chi connectivity index (χ0v) is 7.78. The summed E-state index contributed by atoms with van der Waals surface area (Å²) in [5.74, 6) is -1.80. The second kappa shape index (κ2) is 2.69. The lowest BCUT2D eigenvalue weighted by molar-refractivity contribution is 0.293. The lowest BCUT2D eigenvalue weighted by Crippen LogP contribution is -2.24. The largest absolute Gasteiger partial charge is 0.254 e. The van der Waals surface area contributed by atoms with Crippen molar-refractivity contribution in [2.75, 3.05) is 0 Å². The molecule has 0 aliphatic heterocycles. The van der Waals surface area contributed by atoms with E-state index in [2.05, 4.69) is 5.10 Å². The highest BCUT2D eigenvalue weighted by Gasteiger charge is 2.24. The van der Waals surface area contributed by atoms with Gasteiger partial charge in [-0.1, -0.05) is 11.6 Å². The van der Waals surface area contributed by atoms with E-state index in [-0.39, 0.29) is 0 Å². The first-order valence-corrected chi connectivity index (χ1v) is 3.82. The molecule has 0 bridgehead atoms. The standard InChI is InChI=1S/C7H9ClF2N2/c1-7(2,3)12-6(10)4(8)5(9)11-12/h1-3H3. The summed E-state index contributed by atoms with van der Waals surface area (Å²) in [6, 6.07) is 0. The maximum Gasteiger partial charge on any atom is 0.254 e. The van der Waals surface area contributed by atoms with Gasteiger partial charge in [0.2, 0.25) is 5.95 Å². The van der Waals surface area contributed by atoms with Gasteiger partial charge in [-0.2, -0.15) is 8.78 Å². The van der Waals surface area contributed by atoms with Crippen molar-refractivity contribution >= 4 is 11.6 Å². The third-order valence-corrected chi connectivity index (χ3v) is 1.68. The minimum atomic E-state index is -0.968. The average Bonchev–Trinajstić information content (AvgIpc) is 2.15. The van der Waals surface area contributed by atoms with Gasteiger partial charge in [0, 0.05) is 0 Å². The van der Waals surface area contributed by atoms with Crippen molar-refractivity contribution in [2.45, 2.75) is 26.3 Å². The lowest BCUT2D eigenvalue weighted by atomic mass is 10.1. The summed E-state index contributed by atoms with van der Waals surface area (Å²) in [5.41, 5.74) is -0.599. The Labute approximate surface area is 74.1 Å². The van der Waals surface area contributed by atoms with Crippen LogP contribution in [0.5, 0.6) is 0 Å². The third-order valence-electron chi connectivity index (χ3n) is 1.37. The van der Waals surface area contributed by atoms with Crippen molar-refractivity contribution in [1.29, 1.82) is 0 Å². The zero-order chi connectivity index (χ0) is 9.52. The molecule has 1 heterocycles. The lowest BCUT2D eigenvalue weighted by Gasteiger charge is -2.18.